The molecular weight excluding hydrogens is 356 g/mol. The maximum absolute atomic E-state index is 12.6. The van der Waals surface area contributed by atoms with E-state index in [0.29, 0.717) is 24.6 Å². The van der Waals surface area contributed by atoms with Crippen molar-refractivity contribution in [3.8, 4) is 17.2 Å². The van der Waals surface area contributed by atoms with Crippen molar-refractivity contribution in [1.82, 2.24) is 4.90 Å². The Bertz CT molecular complexity index is 842. The quantitative estimate of drug-likeness (QED) is 0.719. The van der Waals surface area contributed by atoms with Crippen LogP contribution in [0.3, 0.4) is 0 Å². The second-order valence-electron chi connectivity index (χ2n) is 6.46. The number of carbonyl (C=O) groups excluding carboxylic acids is 1. The molecule has 1 fully saturated rings. The molecule has 0 N–H and O–H groups in total. The predicted molar refractivity (Wildman–Crippen MR) is 110 cm³/mol. The van der Waals surface area contributed by atoms with E-state index in [2.05, 4.69) is 11.0 Å². The third-order valence-electron chi connectivity index (χ3n) is 4.86. The molecule has 0 atom stereocenters. The van der Waals surface area contributed by atoms with Crippen molar-refractivity contribution < 1.29 is 19.0 Å². The minimum Gasteiger partial charge on any atom is -0.497 e. The fourth-order valence-corrected chi connectivity index (χ4v) is 3.21. The highest BCUT2D eigenvalue weighted by Crippen LogP contribution is 2.26. The molecule has 2 aromatic rings. The molecule has 3 rings (SSSR count). The van der Waals surface area contributed by atoms with E-state index in [1.807, 2.05) is 35.2 Å². The lowest BCUT2D eigenvalue weighted by molar-refractivity contribution is -0.126. The largest absolute Gasteiger partial charge is 0.497 e. The van der Waals surface area contributed by atoms with E-state index < -0.39 is 0 Å². The number of hydrogen-bond donors (Lipinski definition) is 0. The third kappa shape index (κ3) is 4.57. The average molecular weight is 382 g/mol. The first kappa shape index (κ1) is 19.6. The minimum absolute atomic E-state index is 0.00293. The molecule has 6 nitrogen and oxygen atoms in total. The van der Waals surface area contributed by atoms with Crippen LogP contribution in [0.2, 0.25) is 0 Å². The van der Waals surface area contributed by atoms with Gasteiger partial charge in [0.2, 0.25) is 5.91 Å². The summed E-state index contributed by atoms with van der Waals surface area (Å²) >= 11 is 0. The zero-order valence-electron chi connectivity index (χ0n) is 16.6. The SMILES string of the molecule is COc1cccc(N2CCN(C(=O)/C=C/c3ccc(OC)cc3OC)CC2)c1. The van der Waals surface area contributed by atoms with Gasteiger partial charge in [0, 0.05) is 55.6 Å². The Morgan fingerprint density at radius 3 is 2.29 bits per heavy atom. The van der Waals surface area contributed by atoms with Crippen LogP contribution in [-0.4, -0.2) is 58.3 Å². The van der Waals surface area contributed by atoms with Crippen LogP contribution in [0.4, 0.5) is 5.69 Å². The molecule has 0 unspecified atom stereocenters. The lowest BCUT2D eigenvalue weighted by Gasteiger charge is -2.35. The van der Waals surface area contributed by atoms with Gasteiger partial charge in [0.1, 0.15) is 17.2 Å². The van der Waals surface area contributed by atoms with Gasteiger partial charge in [-0.05, 0) is 30.3 Å². The van der Waals surface area contributed by atoms with Crippen molar-refractivity contribution >= 4 is 17.7 Å². The van der Waals surface area contributed by atoms with Crippen molar-refractivity contribution in [2.24, 2.45) is 0 Å². The molecule has 0 saturated carbocycles. The molecule has 0 spiro atoms. The first-order valence-corrected chi connectivity index (χ1v) is 9.22. The summed E-state index contributed by atoms with van der Waals surface area (Å²) in [4.78, 5) is 16.7. The number of anilines is 1. The number of piperazine rings is 1. The van der Waals surface area contributed by atoms with Gasteiger partial charge in [-0.25, -0.2) is 0 Å². The van der Waals surface area contributed by atoms with E-state index in [-0.39, 0.29) is 5.91 Å². The maximum atomic E-state index is 12.6. The summed E-state index contributed by atoms with van der Waals surface area (Å²) in [5.74, 6) is 2.23. The zero-order chi connectivity index (χ0) is 19.9. The van der Waals surface area contributed by atoms with Crippen LogP contribution in [0.1, 0.15) is 5.56 Å². The standard InChI is InChI=1S/C22H26N2O4/c1-26-19-6-4-5-18(15-19)23-11-13-24(14-12-23)22(25)10-8-17-7-9-20(27-2)16-21(17)28-3/h4-10,15-16H,11-14H2,1-3H3/b10-8+. The molecule has 148 valence electrons. The van der Waals surface area contributed by atoms with Crippen molar-refractivity contribution in [1.29, 1.82) is 0 Å². The van der Waals surface area contributed by atoms with Crippen molar-refractivity contribution in [3.63, 3.8) is 0 Å². The number of ether oxygens (including phenoxy) is 3. The van der Waals surface area contributed by atoms with Crippen LogP contribution in [0.5, 0.6) is 17.2 Å². The van der Waals surface area contributed by atoms with Gasteiger partial charge in [-0.1, -0.05) is 6.07 Å². The Hall–Kier alpha value is -3.15. The highest BCUT2D eigenvalue weighted by molar-refractivity contribution is 5.92. The number of nitrogens with zero attached hydrogens (tertiary/aromatic N) is 2. The second-order valence-corrected chi connectivity index (χ2v) is 6.46. The number of rotatable bonds is 6. The number of hydrogen-bond acceptors (Lipinski definition) is 5. The lowest BCUT2D eigenvalue weighted by Crippen LogP contribution is -2.48. The fraction of sp³-hybridized carbons (Fsp3) is 0.318. The Kier molecular flexibility index (Phi) is 6.42. The zero-order valence-corrected chi connectivity index (χ0v) is 16.6. The summed E-state index contributed by atoms with van der Waals surface area (Å²) < 4.78 is 15.9. The molecular formula is C22H26N2O4. The maximum Gasteiger partial charge on any atom is 0.246 e. The van der Waals surface area contributed by atoms with Crippen LogP contribution in [0.25, 0.3) is 6.08 Å². The van der Waals surface area contributed by atoms with Crippen LogP contribution in [0.15, 0.2) is 48.5 Å². The monoisotopic (exact) mass is 382 g/mol. The van der Waals surface area contributed by atoms with Gasteiger partial charge in [0.25, 0.3) is 0 Å². The topological polar surface area (TPSA) is 51.2 Å². The van der Waals surface area contributed by atoms with E-state index >= 15 is 0 Å². The number of carbonyl (C=O) groups is 1. The van der Waals surface area contributed by atoms with E-state index in [1.165, 1.54) is 0 Å². The summed E-state index contributed by atoms with van der Waals surface area (Å²) in [6.45, 7) is 2.94. The number of benzene rings is 2. The van der Waals surface area contributed by atoms with Gasteiger partial charge in [-0.3, -0.25) is 4.79 Å². The molecule has 0 radical (unpaired) electrons. The second kappa shape index (κ2) is 9.17. The van der Waals surface area contributed by atoms with Gasteiger partial charge >= 0.3 is 0 Å². The Morgan fingerprint density at radius 1 is 0.893 bits per heavy atom. The van der Waals surface area contributed by atoms with Crippen molar-refractivity contribution in [2.75, 3.05) is 52.4 Å². The fourth-order valence-electron chi connectivity index (χ4n) is 3.21. The predicted octanol–water partition coefficient (Wildman–Crippen LogP) is 3.07. The first-order chi connectivity index (χ1) is 13.6. The molecule has 28 heavy (non-hydrogen) atoms. The average Bonchev–Trinajstić information content (AvgIpc) is 2.77. The third-order valence-corrected chi connectivity index (χ3v) is 4.86. The molecule has 0 aliphatic carbocycles. The highest BCUT2D eigenvalue weighted by Gasteiger charge is 2.20. The van der Waals surface area contributed by atoms with E-state index in [1.54, 1.807) is 39.5 Å². The summed E-state index contributed by atoms with van der Waals surface area (Å²) in [6.07, 6.45) is 3.39. The van der Waals surface area contributed by atoms with Crippen LogP contribution >= 0.6 is 0 Å². The normalized spacial score (nSPS) is 14.2. The molecule has 1 saturated heterocycles. The summed E-state index contributed by atoms with van der Waals surface area (Å²) in [5, 5.41) is 0. The molecule has 1 amide bonds. The Morgan fingerprint density at radius 2 is 1.61 bits per heavy atom. The summed E-state index contributed by atoms with van der Waals surface area (Å²) in [6, 6.07) is 13.5. The van der Waals surface area contributed by atoms with Crippen LogP contribution in [0, 0.1) is 0 Å². The molecule has 1 aliphatic rings. The van der Waals surface area contributed by atoms with Gasteiger partial charge < -0.3 is 24.0 Å². The van der Waals surface area contributed by atoms with Gasteiger partial charge in [0.05, 0.1) is 21.3 Å². The summed E-state index contributed by atoms with van der Waals surface area (Å²) in [5.41, 5.74) is 1.96. The van der Waals surface area contributed by atoms with E-state index in [4.69, 9.17) is 14.2 Å². The number of methoxy groups -OCH3 is 3. The van der Waals surface area contributed by atoms with Crippen molar-refractivity contribution in [2.45, 2.75) is 0 Å². The molecule has 0 aromatic heterocycles. The number of amides is 1. The molecule has 2 aromatic carbocycles. The van der Waals surface area contributed by atoms with E-state index in [0.717, 1.165) is 30.1 Å². The van der Waals surface area contributed by atoms with Gasteiger partial charge in [-0.15, -0.1) is 0 Å². The smallest absolute Gasteiger partial charge is 0.246 e. The lowest BCUT2D eigenvalue weighted by atomic mass is 10.1. The summed E-state index contributed by atoms with van der Waals surface area (Å²) in [7, 11) is 4.88. The highest BCUT2D eigenvalue weighted by atomic mass is 16.5. The molecule has 1 heterocycles. The Balaban J connectivity index is 1.60. The van der Waals surface area contributed by atoms with Crippen LogP contribution in [-0.2, 0) is 4.79 Å². The van der Waals surface area contributed by atoms with Gasteiger partial charge in [0.15, 0.2) is 0 Å². The molecule has 6 heteroatoms. The minimum atomic E-state index is 0.00293. The Labute approximate surface area is 165 Å². The first-order valence-electron chi connectivity index (χ1n) is 9.22. The molecule has 0 bridgehead atoms. The van der Waals surface area contributed by atoms with Crippen molar-refractivity contribution in [3.05, 3.63) is 54.1 Å². The molecule has 1 aliphatic heterocycles. The van der Waals surface area contributed by atoms with E-state index in [9.17, 15) is 4.79 Å². The van der Waals surface area contributed by atoms with Crippen LogP contribution < -0.4 is 19.1 Å². The van der Waals surface area contributed by atoms with Gasteiger partial charge in [-0.2, -0.15) is 0 Å².